The van der Waals surface area contributed by atoms with Crippen LogP contribution in [0.5, 0.6) is 11.5 Å². The molecule has 1 N–H and O–H groups in total. The molecule has 2 aromatic carbocycles. The Bertz CT molecular complexity index is 622. The van der Waals surface area contributed by atoms with Gasteiger partial charge in [-0.2, -0.15) is 0 Å². The molecule has 21 heavy (non-hydrogen) atoms. The largest absolute Gasteiger partial charge is 0.456 e. The van der Waals surface area contributed by atoms with Crippen LogP contribution in [0.1, 0.15) is 26.3 Å². The third kappa shape index (κ3) is 5.03. The summed E-state index contributed by atoms with van der Waals surface area (Å²) in [5.74, 6) is 1.42. The fraction of sp³-hybridized carbons (Fsp3) is 0.294. The van der Waals surface area contributed by atoms with Gasteiger partial charge in [0, 0.05) is 16.6 Å². The van der Waals surface area contributed by atoms with Gasteiger partial charge in [0.25, 0.3) is 0 Å². The summed E-state index contributed by atoms with van der Waals surface area (Å²) in [5.41, 5.74) is 1.28. The number of halogens is 2. The zero-order valence-corrected chi connectivity index (χ0v) is 14.8. The first-order valence-corrected chi connectivity index (χ1v) is 7.98. The first kappa shape index (κ1) is 16.3. The summed E-state index contributed by atoms with van der Waals surface area (Å²) in [6.45, 7) is 7.25. The van der Waals surface area contributed by atoms with E-state index in [0.717, 1.165) is 16.8 Å². The molecule has 0 saturated carbocycles. The zero-order chi connectivity index (χ0) is 15.5. The average Bonchev–Trinajstić information content (AvgIpc) is 2.39. The molecule has 0 atom stereocenters. The van der Waals surface area contributed by atoms with Gasteiger partial charge in [0.15, 0.2) is 0 Å². The van der Waals surface area contributed by atoms with Gasteiger partial charge in [-0.25, -0.2) is 0 Å². The van der Waals surface area contributed by atoms with E-state index in [0.29, 0.717) is 10.8 Å². The Morgan fingerprint density at radius 3 is 2.48 bits per heavy atom. The van der Waals surface area contributed by atoms with Crippen molar-refractivity contribution in [2.45, 2.75) is 32.9 Å². The second kappa shape index (κ2) is 6.82. The highest BCUT2D eigenvalue weighted by Gasteiger charge is 2.10. The first-order chi connectivity index (χ1) is 9.85. The Labute approximate surface area is 139 Å². The van der Waals surface area contributed by atoms with Crippen LogP contribution >= 0.6 is 27.5 Å². The Morgan fingerprint density at radius 1 is 1.14 bits per heavy atom. The van der Waals surface area contributed by atoms with Crippen LogP contribution in [-0.4, -0.2) is 5.54 Å². The summed E-state index contributed by atoms with van der Waals surface area (Å²) in [7, 11) is 0. The molecular formula is C17H19BrClNO. The molecule has 0 aliphatic heterocycles. The highest BCUT2D eigenvalue weighted by Crippen LogP contribution is 2.31. The van der Waals surface area contributed by atoms with E-state index in [9.17, 15) is 0 Å². The maximum atomic E-state index is 6.10. The SMILES string of the molecule is CC(C)(C)NCc1ccc(Oc2ccccc2Cl)cc1Br. The molecule has 0 saturated heterocycles. The summed E-state index contributed by atoms with van der Waals surface area (Å²) in [6.07, 6.45) is 0. The normalized spacial score (nSPS) is 11.5. The van der Waals surface area contributed by atoms with E-state index in [4.69, 9.17) is 16.3 Å². The van der Waals surface area contributed by atoms with E-state index >= 15 is 0 Å². The minimum atomic E-state index is 0.0895. The van der Waals surface area contributed by atoms with Crippen molar-refractivity contribution in [2.75, 3.05) is 0 Å². The molecule has 0 spiro atoms. The maximum Gasteiger partial charge on any atom is 0.146 e. The second-order valence-corrected chi connectivity index (χ2v) is 7.15. The third-order valence-corrected chi connectivity index (χ3v) is 3.95. The van der Waals surface area contributed by atoms with Gasteiger partial charge in [0.2, 0.25) is 0 Å². The van der Waals surface area contributed by atoms with Crippen LogP contribution < -0.4 is 10.1 Å². The van der Waals surface area contributed by atoms with Gasteiger partial charge < -0.3 is 10.1 Å². The van der Waals surface area contributed by atoms with E-state index < -0.39 is 0 Å². The molecule has 0 heterocycles. The van der Waals surface area contributed by atoms with Crippen molar-refractivity contribution in [1.29, 1.82) is 0 Å². The summed E-state index contributed by atoms with van der Waals surface area (Å²) in [4.78, 5) is 0. The number of hydrogen-bond acceptors (Lipinski definition) is 2. The van der Waals surface area contributed by atoms with E-state index in [1.54, 1.807) is 0 Å². The smallest absolute Gasteiger partial charge is 0.146 e. The number of nitrogens with one attached hydrogen (secondary N) is 1. The van der Waals surface area contributed by atoms with Crippen LogP contribution in [-0.2, 0) is 6.54 Å². The fourth-order valence-corrected chi connectivity index (χ4v) is 2.42. The van der Waals surface area contributed by atoms with Crippen LogP contribution in [0, 0.1) is 0 Å². The second-order valence-electron chi connectivity index (χ2n) is 5.89. The molecule has 0 bridgehead atoms. The molecule has 4 heteroatoms. The van der Waals surface area contributed by atoms with Gasteiger partial charge in [0.05, 0.1) is 5.02 Å². The molecular weight excluding hydrogens is 350 g/mol. The Balaban J connectivity index is 2.10. The third-order valence-electron chi connectivity index (χ3n) is 2.90. The number of ether oxygens (including phenoxy) is 1. The first-order valence-electron chi connectivity index (χ1n) is 6.81. The quantitative estimate of drug-likeness (QED) is 0.738. The van der Waals surface area contributed by atoms with Crippen molar-refractivity contribution in [2.24, 2.45) is 0 Å². The average molecular weight is 369 g/mol. The van der Waals surface area contributed by atoms with Crippen molar-refractivity contribution in [3.05, 3.63) is 57.5 Å². The van der Waals surface area contributed by atoms with Crippen LogP contribution in [0.15, 0.2) is 46.9 Å². The van der Waals surface area contributed by atoms with Crippen molar-refractivity contribution >= 4 is 27.5 Å². The summed E-state index contributed by atoms with van der Waals surface area (Å²) in [6, 6.07) is 13.4. The zero-order valence-electron chi connectivity index (χ0n) is 12.4. The van der Waals surface area contributed by atoms with Crippen LogP contribution in [0.3, 0.4) is 0 Å². The van der Waals surface area contributed by atoms with E-state index in [-0.39, 0.29) is 5.54 Å². The predicted molar refractivity (Wildman–Crippen MR) is 92.3 cm³/mol. The van der Waals surface area contributed by atoms with Gasteiger partial charge in [-0.05, 0) is 50.6 Å². The molecule has 0 fully saturated rings. The van der Waals surface area contributed by atoms with Gasteiger partial charge in [-0.3, -0.25) is 0 Å². The molecule has 2 nitrogen and oxygen atoms in total. The number of benzene rings is 2. The Hall–Kier alpha value is -1.03. The number of para-hydroxylation sites is 1. The lowest BCUT2D eigenvalue weighted by Gasteiger charge is -2.21. The van der Waals surface area contributed by atoms with Crippen molar-refractivity contribution in [3.8, 4) is 11.5 Å². The lowest BCUT2D eigenvalue weighted by atomic mass is 10.1. The van der Waals surface area contributed by atoms with Gasteiger partial charge in [-0.15, -0.1) is 0 Å². The fourth-order valence-electron chi connectivity index (χ4n) is 1.75. The minimum Gasteiger partial charge on any atom is -0.456 e. The highest BCUT2D eigenvalue weighted by molar-refractivity contribution is 9.10. The van der Waals surface area contributed by atoms with Crippen molar-refractivity contribution in [3.63, 3.8) is 0 Å². The standard InChI is InChI=1S/C17H19BrClNO/c1-17(2,3)20-11-12-8-9-13(10-14(12)18)21-16-7-5-4-6-15(16)19/h4-10,20H,11H2,1-3H3. The molecule has 0 amide bonds. The lowest BCUT2D eigenvalue weighted by molar-refractivity contribution is 0.423. The maximum absolute atomic E-state index is 6.10. The summed E-state index contributed by atoms with van der Waals surface area (Å²) >= 11 is 9.69. The van der Waals surface area contributed by atoms with Crippen molar-refractivity contribution in [1.82, 2.24) is 5.32 Å². The molecule has 0 unspecified atom stereocenters. The van der Waals surface area contributed by atoms with E-state index in [1.807, 2.05) is 36.4 Å². The van der Waals surface area contributed by atoms with Gasteiger partial charge in [0.1, 0.15) is 11.5 Å². The summed E-state index contributed by atoms with van der Waals surface area (Å²) in [5, 5.41) is 4.07. The topological polar surface area (TPSA) is 21.3 Å². The molecule has 0 aliphatic carbocycles. The van der Waals surface area contributed by atoms with Gasteiger partial charge in [-0.1, -0.05) is 45.7 Å². The highest BCUT2D eigenvalue weighted by atomic mass is 79.9. The summed E-state index contributed by atoms with van der Waals surface area (Å²) < 4.78 is 6.83. The number of rotatable bonds is 4. The van der Waals surface area contributed by atoms with E-state index in [2.05, 4.69) is 48.1 Å². The van der Waals surface area contributed by atoms with Gasteiger partial charge >= 0.3 is 0 Å². The molecule has 2 rings (SSSR count). The molecule has 0 aliphatic rings. The Kier molecular flexibility index (Phi) is 5.31. The lowest BCUT2D eigenvalue weighted by Crippen LogP contribution is -2.35. The minimum absolute atomic E-state index is 0.0895. The molecule has 0 radical (unpaired) electrons. The predicted octanol–water partition coefficient (Wildman–Crippen LogP) is 5.78. The molecule has 2 aromatic rings. The van der Waals surface area contributed by atoms with Crippen LogP contribution in [0.2, 0.25) is 5.02 Å². The monoisotopic (exact) mass is 367 g/mol. The van der Waals surface area contributed by atoms with Crippen LogP contribution in [0.25, 0.3) is 0 Å². The number of hydrogen-bond donors (Lipinski definition) is 1. The molecule has 112 valence electrons. The van der Waals surface area contributed by atoms with Crippen LogP contribution in [0.4, 0.5) is 0 Å². The molecule has 0 aromatic heterocycles. The van der Waals surface area contributed by atoms with E-state index in [1.165, 1.54) is 5.56 Å². The Morgan fingerprint density at radius 2 is 1.86 bits per heavy atom. The van der Waals surface area contributed by atoms with Crippen molar-refractivity contribution < 1.29 is 4.74 Å².